The molecule has 2 aromatic heterocycles. The van der Waals surface area contributed by atoms with Crippen molar-refractivity contribution in [3.05, 3.63) is 52.2 Å². The number of carbonyl (C=O) groups is 1. The van der Waals surface area contributed by atoms with E-state index in [0.29, 0.717) is 19.0 Å². The molecule has 0 saturated carbocycles. The zero-order chi connectivity index (χ0) is 18.5. The lowest BCUT2D eigenvalue weighted by Gasteiger charge is -2.33. The highest BCUT2D eigenvalue weighted by molar-refractivity contribution is 7.09. The maximum atomic E-state index is 12.8. The van der Waals surface area contributed by atoms with Crippen molar-refractivity contribution < 1.29 is 9.53 Å². The Labute approximate surface area is 160 Å². The molecular weight excluding hydrogens is 364 g/mol. The minimum absolute atomic E-state index is 0.0466. The molecule has 0 spiro atoms. The molecule has 0 radical (unpaired) electrons. The number of nitrogens with one attached hydrogen (secondary N) is 1. The second kappa shape index (κ2) is 8.26. The maximum absolute atomic E-state index is 12.8. The van der Waals surface area contributed by atoms with Crippen LogP contribution in [0.4, 0.5) is 0 Å². The van der Waals surface area contributed by atoms with Gasteiger partial charge in [-0.2, -0.15) is 5.21 Å². The molecule has 4 rings (SSSR count). The van der Waals surface area contributed by atoms with Crippen LogP contribution in [0.3, 0.4) is 0 Å². The van der Waals surface area contributed by atoms with Gasteiger partial charge in [0.25, 0.3) is 0 Å². The fraction of sp³-hybridized carbons (Fsp3) is 0.389. The Balaban J connectivity index is 1.37. The number of amides is 1. The molecule has 1 amide bonds. The van der Waals surface area contributed by atoms with Crippen molar-refractivity contribution >= 4 is 17.2 Å². The first-order chi connectivity index (χ1) is 13.3. The van der Waals surface area contributed by atoms with Gasteiger partial charge in [0, 0.05) is 11.9 Å². The molecule has 1 aliphatic heterocycles. The zero-order valence-electron chi connectivity index (χ0n) is 14.7. The molecule has 27 heavy (non-hydrogen) atoms. The van der Waals surface area contributed by atoms with Crippen LogP contribution in [0, 0.1) is 0 Å². The molecule has 0 aliphatic carbocycles. The first-order valence-corrected chi connectivity index (χ1v) is 9.81. The second-order valence-electron chi connectivity index (χ2n) is 6.38. The van der Waals surface area contributed by atoms with Crippen LogP contribution < -0.4 is 4.74 Å². The van der Waals surface area contributed by atoms with Crippen LogP contribution in [-0.4, -0.2) is 43.0 Å². The number of hydrogen-bond donors (Lipinski definition) is 1. The fourth-order valence-electron chi connectivity index (χ4n) is 3.22. The van der Waals surface area contributed by atoms with Gasteiger partial charge in [0.15, 0.2) is 5.82 Å². The number of hydrogen-bond acceptors (Lipinski definition) is 7. The molecule has 1 atom stereocenters. The van der Waals surface area contributed by atoms with Gasteiger partial charge in [0.2, 0.25) is 5.91 Å². The topological polar surface area (TPSA) is 96.9 Å². The lowest BCUT2D eigenvalue weighted by atomic mass is 10.0. The Morgan fingerprint density at radius 2 is 2.19 bits per heavy atom. The molecule has 1 unspecified atom stereocenters. The van der Waals surface area contributed by atoms with Crippen molar-refractivity contribution in [1.29, 1.82) is 0 Å². The highest BCUT2D eigenvalue weighted by Gasteiger charge is 2.31. The minimum Gasteiger partial charge on any atom is -0.486 e. The largest absolute Gasteiger partial charge is 0.486 e. The number of ether oxygens (including phenoxy) is 1. The van der Waals surface area contributed by atoms with Crippen molar-refractivity contribution in [2.24, 2.45) is 0 Å². The summed E-state index contributed by atoms with van der Waals surface area (Å²) >= 11 is 1.51. The molecule has 140 valence electrons. The van der Waals surface area contributed by atoms with Gasteiger partial charge in [-0.15, -0.1) is 21.5 Å². The zero-order valence-corrected chi connectivity index (χ0v) is 15.6. The fourth-order valence-corrected chi connectivity index (χ4v) is 3.93. The number of likely N-dealkylation sites (tertiary alicyclic amines) is 1. The third kappa shape index (κ3) is 4.30. The average molecular weight is 384 g/mol. The van der Waals surface area contributed by atoms with Crippen LogP contribution >= 0.6 is 11.3 Å². The van der Waals surface area contributed by atoms with Crippen LogP contribution in [0.25, 0.3) is 0 Å². The summed E-state index contributed by atoms with van der Waals surface area (Å²) in [5.41, 5.74) is 0.772. The quantitative estimate of drug-likeness (QED) is 0.701. The van der Waals surface area contributed by atoms with E-state index in [1.807, 2.05) is 40.6 Å². The first-order valence-electron chi connectivity index (χ1n) is 8.93. The summed E-state index contributed by atoms with van der Waals surface area (Å²) in [6.45, 7) is 1.12. The van der Waals surface area contributed by atoms with Gasteiger partial charge >= 0.3 is 0 Å². The van der Waals surface area contributed by atoms with Crippen LogP contribution in [0.15, 0.2) is 35.7 Å². The van der Waals surface area contributed by atoms with E-state index in [-0.39, 0.29) is 18.4 Å². The number of thiazole rings is 1. The lowest BCUT2D eigenvalue weighted by molar-refractivity contribution is -0.134. The molecule has 8 nitrogen and oxygen atoms in total. The molecule has 3 heterocycles. The molecule has 1 N–H and O–H groups in total. The number of benzene rings is 1. The number of rotatable bonds is 6. The smallest absolute Gasteiger partial charge is 0.229 e. The number of carbonyl (C=O) groups excluding carboxylic acids is 1. The van der Waals surface area contributed by atoms with Crippen LogP contribution in [0.2, 0.25) is 0 Å². The molecule has 1 aliphatic rings. The Morgan fingerprint density at radius 1 is 1.30 bits per heavy atom. The molecule has 1 saturated heterocycles. The van der Waals surface area contributed by atoms with E-state index in [1.54, 1.807) is 0 Å². The van der Waals surface area contributed by atoms with Crippen LogP contribution in [0.5, 0.6) is 5.75 Å². The summed E-state index contributed by atoms with van der Waals surface area (Å²) in [7, 11) is 0. The van der Waals surface area contributed by atoms with Gasteiger partial charge in [-0.3, -0.25) is 4.79 Å². The van der Waals surface area contributed by atoms with Gasteiger partial charge in [0.1, 0.15) is 17.4 Å². The number of aromatic amines is 1. The summed E-state index contributed by atoms with van der Waals surface area (Å²) in [5, 5.41) is 17.0. The average Bonchev–Trinajstić information content (AvgIpc) is 3.39. The van der Waals surface area contributed by atoms with Crippen molar-refractivity contribution in [2.75, 3.05) is 6.54 Å². The molecule has 0 bridgehead atoms. The van der Waals surface area contributed by atoms with E-state index < -0.39 is 0 Å². The number of tetrazole rings is 1. The van der Waals surface area contributed by atoms with Crippen LogP contribution in [0.1, 0.15) is 41.8 Å². The van der Waals surface area contributed by atoms with E-state index in [0.717, 1.165) is 35.7 Å². The monoisotopic (exact) mass is 384 g/mol. The molecular formula is C18H20N6O2S. The normalized spacial score (nSPS) is 17.0. The summed E-state index contributed by atoms with van der Waals surface area (Å²) in [6.07, 6.45) is 3.18. The highest BCUT2D eigenvalue weighted by Crippen LogP contribution is 2.29. The maximum Gasteiger partial charge on any atom is 0.229 e. The summed E-state index contributed by atoms with van der Waals surface area (Å²) in [4.78, 5) is 19.2. The van der Waals surface area contributed by atoms with E-state index in [2.05, 4.69) is 25.6 Å². The lowest BCUT2D eigenvalue weighted by Crippen LogP contribution is -2.40. The second-order valence-corrected chi connectivity index (χ2v) is 7.32. The SMILES string of the molecule is O=C(Cc1csc(COc2ccccc2)n1)N1CCCCC1c1nn[nH]n1. The Bertz CT molecular complexity index is 867. The number of H-pyrrole nitrogens is 1. The molecule has 1 fully saturated rings. The van der Waals surface area contributed by atoms with E-state index in [1.165, 1.54) is 11.3 Å². The Hall–Kier alpha value is -2.81. The standard InChI is InChI=1S/C18H20N6O2S/c25-17(24-9-5-4-8-15(24)18-20-22-23-21-18)10-13-12-27-16(19-13)11-26-14-6-2-1-3-7-14/h1-3,6-7,12,15H,4-5,8-11H2,(H,20,21,22,23). The van der Waals surface area contributed by atoms with E-state index >= 15 is 0 Å². The number of para-hydroxylation sites is 1. The molecule has 1 aromatic carbocycles. The van der Waals surface area contributed by atoms with Crippen molar-refractivity contribution in [1.82, 2.24) is 30.5 Å². The highest BCUT2D eigenvalue weighted by atomic mass is 32.1. The predicted molar refractivity (Wildman–Crippen MR) is 99.1 cm³/mol. The minimum atomic E-state index is -0.107. The third-order valence-corrected chi connectivity index (χ3v) is 5.39. The third-order valence-electron chi connectivity index (χ3n) is 4.52. The number of nitrogens with zero attached hydrogens (tertiary/aromatic N) is 5. The van der Waals surface area contributed by atoms with Crippen molar-refractivity contribution in [3.8, 4) is 5.75 Å². The molecule has 9 heteroatoms. The van der Waals surface area contributed by atoms with Crippen molar-refractivity contribution in [2.45, 2.75) is 38.3 Å². The number of aromatic nitrogens is 5. The van der Waals surface area contributed by atoms with Gasteiger partial charge in [0.05, 0.1) is 18.2 Å². The van der Waals surface area contributed by atoms with Crippen LogP contribution in [-0.2, 0) is 17.8 Å². The summed E-state index contributed by atoms with van der Waals surface area (Å²) in [5.74, 6) is 1.44. The number of piperidine rings is 1. The van der Waals surface area contributed by atoms with Crippen molar-refractivity contribution in [3.63, 3.8) is 0 Å². The van der Waals surface area contributed by atoms with Gasteiger partial charge < -0.3 is 9.64 Å². The predicted octanol–water partition coefficient (Wildman–Crippen LogP) is 2.53. The van der Waals surface area contributed by atoms with Gasteiger partial charge in [-0.25, -0.2) is 4.98 Å². The van der Waals surface area contributed by atoms with E-state index in [4.69, 9.17) is 4.74 Å². The summed E-state index contributed by atoms with van der Waals surface area (Å²) < 4.78 is 5.72. The Morgan fingerprint density at radius 3 is 3.00 bits per heavy atom. The Kier molecular flexibility index (Phi) is 5.38. The van der Waals surface area contributed by atoms with Gasteiger partial charge in [-0.05, 0) is 31.4 Å². The first kappa shape index (κ1) is 17.6. The molecule has 3 aromatic rings. The summed E-state index contributed by atoms with van der Waals surface area (Å²) in [6, 6.07) is 9.52. The van der Waals surface area contributed by atoms with E-state index in [9.17, 15) is 4.79 Å². The van der Waals surface area contributed by atoms with Gasteiger partial charge in [-0.1, -0.05) is 23.4 Å².